The Bertz CT molecular complexity index is 1020. The van der Waals surface area contributed by atoms with Crippen LogP contribution in [0, 0.1) is 5.82 Å². The van der Waals surface area contributed by atoms with Crippen LogP contribution in [0.3, 0.4) is 0 Å². The molecule has 1 aromatic heterocycles. The van der Waals surface area contributed by atoms with E-state index >= 15 is 0 Å². The van der Waals surface area contributed by atoms with Gasteiger partial charge < -0.3 is 4.74 Å². The summed E-state index contributed by atoms with van der Waals surface area (Å²) >= 11 is 3.15. The van der Waals surface area contributed by atoms with Crippen LogP contribution in [-0.4, -0.2) is 60.9 Å². The van der Waals surface area contributed by atoms with Gasteiger partial charge in [0.2, 0.25) is 5.91 Å². The molecule has 2 heterocycles. The van der Waals surface area contributed by atoms with Crippen molar-refractivity contribution in [2.45, 2.75) is 24.2 Å². The molecule has 2 aromatic carbocycles. The minimum absolute atomic E-state index is 0. The zero-order valence-electron chi connectivity index (χ0n) is 18.5. The summed E-state index contributed by atoms with van der Waals surface area (Å²) in [6, 6.07) is 15.2. The van der Waals surface area contributed by atoms with E-state index in [2.05, 4.69) is 22.0 Å². The number of nitrogens with zero attached hydrogens (tertiary/aromatic N) is 3. The van der Waals surface area contributed by atoms with Gasteiger partial charge in [0.05, 0.1) is 17.9 Å². The van der Waals surface area contributed by atoms with E-state index < -0.39 is 0 Å². The highest BCUT2D eigenvalue weighted by Gasteiger charge is 2.21. The Morgan fingerprint density at radius 1 is 1.12 bits per heavy atom. The fourth-order valence-electron chi connectivity index (χ4n) is 3.69. The number of halogens is 2. The number of rotatable bonds is 10. The number of morpholine rings is 1. The summed E-state index contributed by atoms with van der Waals surface area (Å²) in [5, 5.41) is 0.591. The molecule has 0 saturated carbocycles. The highest BCUT2D eigenvalue weighted by molar-refractivity contribution is 7.99. The molecule has 4 rings (SSSR count). The largest absolute Gasteiger partial charge is 0.379 e. The predicted octanol–water partition coefficient (Wildman–Crippen LogP) is 5.49. The zero-order valence-corrected chi connectivity index (χ0v) is 20.9. The van der Waals surface area contributed by atoms with Crippen molar-refractivity contribution in [1.29, 1.82) is 0 Å². The third-order valence-corrected chi connectivity index (χ3v) is 7.54. The van der Waals surface area contributed by atoms with Crippen LogP contribution in [0.5, 0.6) is 0 Å². The molecule has 0 radical (unpaired) electrons. The number of carbonyl (C=O) groups is 1. The van der Waals surface area contributed by atoms with Crippen LogP contribution in [0.25, 0.3) is 10.2 Å². The van der Waals surface area contributed by atoms with E-state index in [4.69, 9.17) is 4.74 Å². The van der Waals surface area contributed by atoms with E-state index in [1.165, 1.54) is 22.3 Å². The summed E-state index contributed by atoms with van der Waals surface area (Å²) in [5.74, 6) is 0.594. The smallest absolute Gasteiger partial charge is 0.228 e. The number of thiazole rings is 1. The van der Waals surface area contributed by atoms with Gasteiger partial charge in [-0.3, -0.25) is 14.6 Å². The SMILES string of the molecule is Cl.O=C(CCCSc1ccccc1)N(CCCN1CCOCC1)c1nc2c(F)cccc2s1. The molecule has 0 spiro atoms. The van der Waals surface area contributed by atoms with Crippen LogP contribution < -0.4 is 4.90 Å². The van der Waals surface area contributed by atoms with Gasteiger partial charge in [-0.05, 0) is 42.9 Å². The fourth-order valence-corrected chi connectivity index (χ4v) is 5.59. The maximum atomic E-state index is 14.2. The number of aromatic nitrogens is 1. The molecule has 1 aliphatic rings. The number of hydrogen-bond donors (Lipinski definition) is 0. The first-order chi connectivity index (χ1) is 15.7. The van der Waals surface area contributed by atoms with Gasteiger partial charge in [-0.1, -0.05) is 35.6 Å². The van der Waals surface area contributed by atoms with Gasteiger partial charge in [-0.15, -0.1) is 24.2 Å². The Balaban J connectivity index is 0.00000306. The molecule has 33 heavy (non-hydrogen) atoms. The number of anilines is 1. The van der Waals surface area contributed by atoms with Gasteiger partial charge in [0.15, 0.2) is 5.13 Å². The lowest BCUT2D eigenvalue weighted by Crippen LogP contribution is -2.39. The summed E-state index contributed by atoms with van der Waals surface area (Å²) in [5.41, 5.74) is 0.345. The van der Waals surface area contributed by atoms with E-state index in [0.717, 1.165) is 56.1 Å². The highest BCUT2D eigenvalue weighted by atomic mass is 35.5. The molecule has 1 aliphatic heterocycles. The molecule has 0 atom stereocenters. The molecule has 3 aromatic rings. The van der Waals surface area contributed by atoms with Crippen LogP contribution in [-0.2, 0) is 9.53 Å². The number of para-hydroxylation sites is 1. The summed E-state index contributed by atoms with van der Waals surface area (Å²) in [6.45, 7) is 4.88. The average molecular weight is 510 g/mol. The fraction of sp³-hybridized carbons (Fsp3) is 0.417. The second kappa shape index (κ2) is 13.2. The summed E-state index contributed by atoms with van der Waals surface area (Å²) in [6.07, 6.45) is 2.09. The maximum absolute atomic E-state index is 14.2. The van der Waals surface area contributed by atoms with Gasteiger partial charge in [-0.25, -0.2) is 9.37 Å². The number of carbonyl (C=O) groups excluding carboxylic acids is 1. The third-order valence-electron chi connectivity index (χ3n) is 5.40. The van der Waals surface area contributed by atoms with Crippen LogP contribution in [0.4, 0.5) is 9.52 Å². The first-order valence-electron chi connectivity index (χ1n) is 11.0. The number of thioether (sulfide) groups is 1. The van der Waals surface area contributed by atoms with Crippen LogP contribution >= 0.6 is 35.5 Å². The average Bonchev–Trinajstić information content (AvgIpc) is 3.26. The molecule has 1 fully saturated rings. The summed E-state index contributed by atoms with van der Waals surface area (Å²) in [4.78, 5) is 23.0. The first-order valence-corrected chi connectivity index (χ1v) is 12.8. The number of hydrogen-bond acceptors (Lipinski definition) is 6. The molecule has 178 valence electrons. The lowest BCUT2D eigenvalue weighted by atomic mass is 10.2. The maximum Gasteiger partial charge on any atom is 0.228 e. The van der Waals surface area contributed by atoms with Crippen molar-refractivity contribution in [2.75, 3.05) is 50.0 Å². The molecular formula is C24H29ClFN3O2S2. The van der Waals surface area contributed by atoms with Gasteiger partial charge in [0.25, 0.3) is 0 Å². The summed E-state index contributed by atoms with van der Waals surface area (Å²) < 4.78 is 20.4. The van der Waals surface area contributed by atoms with E-state index in [1.807, 2.05) is 24.3 Å². The Kier molecular flexibility index (Phi) is 10.4. The second-order valence-corrected chi connectivity index (χ2v) is 9.88. The molecule has 1 saturated heterocycles. The topological polar surface area (TPSA) is 45.7 Å². The van der Waals surface area contributed by atoms with Crippen molar-refractivity contribution in [2.24, 2.45) is 0 Å². The number of ether oxygens (including phenoxy) is 1. The lowest BCUT2D eigenvalue weighted by Gasteiger charge is -2.27. The minimum atomic E-state index is -0.343. The normalized spacial score (nSPS) is 14.2. The standard InChI is InChI=1S/C24H28FN3O2S2.ClH/c25-20-9-4-10-21-23(20)26-24(32-21)28(13-6-12-27-14-16-30-17-15-27)22(29)11-5-18-31-19-7-2-1-3-8-19;/h1-4,7-10H,5-6,11-18H2;1H. The molecule has 0 N–H and O–H groups in total. The molecule has 0 unspecified atom stereocenters. The molecule has 9 heteroatoms. The van der Waals surface area contributed by atoms with Crippen LogP contribution in [0.2, 0.25) is 0 Å². The van der Waals surface area contributed by atoms with E-state index in [9.17, 15) is 9.18 Å². The third kappa shape index (κ3) is 7.39. The Hall–Kier alpha value is -1.71. The molecule has 0 bridgehead atoms. The number of amides is 1. The van der Waals surface area contributed by atoms with E-state index in [-0.39, 0.29) is 24.1 Å². The van der Waals surface area contributed by atoms with Crippen molar-refractivity contribution in [3.63, 3.8) is 0 Å². The molecule has 0 aliphatic carbocycles. The van der Waals surface area contributed by atoms with Gasteiger partial charge in [0, 0.05) is 37.5 Å². The Morgan fingerprint density at radius 2 is 1.91 bits per heavy atom. The Morgan fingerprint density at radius 3 is 2.67 bits per heavy atom. The molecule has 1 amide bonds. The second-order valence-electron chi connectivity index (χ2n) is 7.70. The monoisotopic (exact) mass is 509 g/mol. The zero-order chi connectivity index (χ0) is 22.2. The van der Waals surface area contributed by atoms with Gasteiger partial charge >= 0.3 is 0 Å². The van der Waals surface area contributed by atoms with Gasteiger partial charge in [-0.2, -0.15) is 0 Å². The van der Waals surface area contributed by atoms with Crippen LogP contribution in [0.15, 0.2) is 53.4 Å². The summed E-state index contributed by atoms with van der Waals surface area (Å²) in [7, 11) is 0. The number of benzene rings is 2. The highest BCUT2D eigenvalue weighted by Crippen LogP contribution is 2.31. The van der Waals surface area contributed by atoms with Gasteiger partial charge in [0.1, 0.15) is 11.3 Å². The van der Waals surface area contributed by atoms with Crippen molar-refractivity contribution < 1.29 is 13.9 Å². The number of fused-ring (bicyclic) bond motifs is 1. The van der Waals surface area contributed by atoms with E-state index in [1.54, 1.807) is 22.7 Å². The lowest BCUT2D eigenvalue weighted by molar-refractivity contribution is -0.118. The molecular weight excluding hydrogens is 481 g/mol. The van der Waals surface area contributed by atoms with Crippen molar-refractivity contribution in [3.05, 3.63) is 54.3 Å². The van der Waals surface area contributed by atoms with Crippen molar-refractivity contribution >= 4 is 56.8 Å². The first kappa shape index (κ1) is 25.9. The van der Waals surface area contributed by atoms with Crippen molar-refractivity contribution in [1.82, 2.24) is 9.88 Å². The van der Waals surface area contributed by atoms with E-state index in [0.29, 0.717) is 23.6 Å². The quantitative estimate of drug-likeness (QED) is 0.267. The predicted molar refractivity (Wildman–Crippen MR) is 137 cm³/mol. The van der Waals surface area contributed by atoms with Crippen LogP contribution in [0.1, 0.15) is 19.3 Å². The minimum Gasteiger partial charge on any atom is -0.379 e. The van der Waals surface area contributed by atoms with Crippen molar-refractivity contribution in [3.8, 4) is 0 Å². The Labute approximate surface area is 208 Å². The molecule has 5 nitrogen and oxygen atoms in total.